The van der Waals surface area contributed by atoms with Crippen LogP contribution >= 0.6 is 0 Å². The van der Waals surface area contributed by atoms with Gasteiger partial charge in [-0.25, -0.2) is 0 Å². The predicted molar refractivity (Wildman–Crippen MR) is 52.8 cm³/mol. The van der Waals surface area contributed by atoms with Crippen molar-refractivity contribution in [2.75, 3.05) is 0 Å². The molecule has 0 radical (unpaired) electrons. The zero-order valence-electron chi connectivity index (χ0n) is 8.50. The zero-order chi connectivity index (χ0) is 11.8. The Morgan fingerprint density at radius 1 is 1.31 bits per heavy atom. The summed E-state index contributed by atoms with van der Waals surface area (Å²) in [5.41, 5.74) is 6.59. The van der Waals surface area contributed by atoms with E-state index in [1.54, 1.807) is 6.07 Å². The first-order valence-corrected chi connectivity index (χ1v) is 5.07. The molecule has 0 saturated heterocycles. The molecule has 1 saturated carbocycles. The molecule has 2 nitrogen and oxygen atoms in total. The third-order valence-electron chi connectivity index (χ3n) is 2.61. The van der Waals surface area contributed by atoms with Crippen molar-refractivity contribution in [3.63, 3.8) is 0 Å². The summed E-state index contributed by atoms with van der Waals surface area (Å²) in [6, 6.07) is 5.70. The van der Waals surface area contributed by atoms with Crippen molar-refractivity contribution >= 4 is 0 Å². The predicted octanol–water partition coefficient (Wildman–Crippen LogP) is 3.00. The van der Waals surface area contributed by atoms with Gasteiger partial charge in [0, 0.05) is 6.04 Å². The minimum atomic E-state index is -4.65. The lowest BCUT2D eigenvalue weighted by molar-refractivity contribution is -0.274. The fraction of sp³-hybridized carbons (Fsp3) is 0.455. The van der Waals surface area contributed by atoms with Gasteiger partial charge in [-0.1, -0.05) is 12.1 Å². The zero-order valence-corrected chi connectivity index (χ0v) is 8.50. The normalized spacial score (nSPS) is 18.2. The molecule has 0 spiro atoms. The number of nitrogens with two attached hydrogens (primary N) is 1. The second-order valence-corrected chi connectivity index (χ2v) is 3.98. The van der Waals surface area contributed by atoms with Crippen molar-refractivity contribution in [2.24, 2.45) is 11.7 Å². The Hall–Kier alpha value is -1.23. The third kappa shape index (κ3) is 2.88. The molecule has 2 N–H and O–H groups in total. The van der Waals surface area contributed by atoms with Crippen molar-refractivity contribution < 1.29 is 17.9 Å². The summed E-state index contributed by atoms with van der Waals surface area (Å²) in [6.45, 7) is 0. The number of halogens is 3. The topological polar surface area (TPSA) is 35.2 Å². The number of alkyl halides is 3. The average Bonchev–Trinajstić information content (AvgIpc) is 2.97. The standard InChI is InChI=1S/C11H12F3NO/c12-11(13,14)16-9-3-1-2-8(6-9)10(15)7-4-5-7/h1-3,6-7,10H,4-5,15H2/t10-/m0/s1. The van der Waals surface area contributed by atoms with Crippen LogP contribution in [0.3, 0.4) is 0 Å². The molecule has 0 aromatic heterocycles. The van der Waals surface area contributed by atoms with Crippen LogP contribution < -0.4 is 10.5 Å². The molecule has 1 aromatic carbocycles. The first-order chi connectivity index (χ1) is 7.46. The highest BCUT2D eigenvalue weighted by Crippen LogP contribution is 2.40. The van der Waals surface area contributed by atoms with Gasteiger partial charge in [-0.2, -0.15) is 0 Å². The van der Waals surface area contributed by atoms with Gasteiger partial charge in [0.15, 0.2) is 0 Å². The van der Waals surface area contributed by atoms with Gasteiger partial charge in [0.2, 0.25) is 0 Å². The Morgan fingerprint density at radius 2 is 2.00 bits per heavy atom. The van der Waals surface area contributed by atoms with E-state index in [9.17, 15) is 13.2 Å². The fourth-order valence-electron chi connectivity index (χ4n) is 1.65. The average molecular weight is 231 g/mol. The van der Waals surface area contributed by atoms with E-state index in [-0.39, 0.29) is 11.8 Å². The Labute approximate surface area is 91.2 Å². The van der Waals surface area contributed by atoms with Crippen molar-refractivity contribution in [3.8, 4) is 5.75 Å². The Morgan fingerprint density at radius 3 is 2.56 bits per heavy atom. The van der Waals surface area contributed by atoms with Crippen LogP contribution in [-0.4, -0.2) is 6.36 Å². The highest BCUT2D eigenvalue weighted by Gasteiger charge is 2.32. The highest BCUT2D eigenvalue weighted by molar-refractivity contribution is 5.31. The summed E-state index contributed by atoms with van der Waals surface area (Å²) >= 11 is 0. The molecule has 2 rings (SSSR count). The largest absolute Gasteiger partial charge is 0.573 e. The van der Waals surface area contributed by atoms with E-state index < -0.39 is 6.36 Å². The van der Waals surface area contributed by atoms with Crippen LogP contribution in [0, 0.1) is 5.92 Å². The second kappa shape index (κ2) is 3.97. The molecule has 5 heteroatoms. The van der Waals surface area contributed by atoms with Gasteiger partial charge in [0.1, 0.15) is 5.75 Å². The maximum Gasteiger partial charge on any atom is 0.573 e. The first-order valence-electron chi connectivity index (χ1n) is 5.07. The molecular weight excluding hydrogens is 219 g/mol. The Bertz CT molecular complexity index is 374. The summed E-state index contributed by atoms with van der Waals surface area (Å²) in [5, 5.41) is 0. The Balaban J connectivity index is 2.12. The number of benzene rings is 1. The fourth-order valence-corrected chi connectivity index (χ4v) is 1.65. The van der Waals surface area contributed by atoms with E-state index in [0.29, 0.717) is 11.5 Å². The Kier molecular flexibility index (Phi) is 2.80. The van der Waals surface area contributed by atoms with E-state index in [4.69, 9.17) is 5.73 Å². The first kappa shape index (κ1) is 11.3. The number of rotatable bonds is 3. The lowest BCUT2D eigenvalue weighted by Gasteiger charge is -2.13. The molecule has 1 aliphatic carbocycles. The van der Waals surface area contributed by atoms with Gasteiger partial charge >= 0.3 is 6.36 Å². The molecule has 1 aliphatic rings. The van der Waals surface area contributed by atoms with E-state index in [1.165, 1.54) is 18.2 Å². The summed E-state index contributed by atoms with van der Waals surface area (Å²) in [6.07, 6.45) is -2.56. The SMILES string of the molecule is N[C@H](c1cccc(OC(F)(F)F)c1)C1CC1. The van der Waals surface area contributed by atoms with Gasteiger partial charge in [0.25, 0.3) is 0 Å². The monoisotopic (exact) mass is 231 g/mol. The van der Waals surface area contributed by atoms with Crippen molar-refractivity contribution in [1.82, 2.24) is 0 Å². The van der Waals surface area contributed by atoms with Crippen LogP contribution in [0.1, 0.15) is 24.4 Å². The molecule has 1 aromatic rings. The van der Waals surface area contributed by atoms with Crippen LogP contribution in [0.2, 0.25) is 0 Å². The summed E-state index contributed by atoms with van der Waals surface area (Å²) in [7, 11) is 0. The van der Waals surface area contributed by atoms with Gasteiger partial charge in [-0.15, -0.1) is 13.2 Å². The lowest BCUT2D eigenvalue weighted by atomic mass is 10.0. The second-order valence-electron chi connectivity index (χ2n) is 3.98. The molecule has 0 bridgehead atoms. The van der Waals surface area contributed by atoms with Crippen LogP contribution in [-0.2, 0) is 0 Å². The van der Waals surface area contributed by atoms with E-state index >= 15 is 0 Å². The molecule has 1 atom stereocenters. The molecule has 0 heterocycles. The van der Waals surface area contributed by atoms with Crippen LogP contribution in [0.4, 0.5) is 13.2 Å². The van der Waals surface area contributed by atoms with Gasteiger partial charge < -0.3 is 10.5 Å². The van der Waals surface area contributed by atoms with Crippen molar-refractivity contribution in [2.45, 2.75) is 25.2 Å². The van der Waals surface area contributed by atoms with Gasteiger partial charge in [-0.3, -0.25) is 0 Å². The molecule has 1 fully saturated rings. The van der Waals surface area contributed by atoms with Crippen molar-refractivity contribution in [3.05, 3.63) is 29.8 Å². The van der Waals surface area contributed by atoms with Crippen LogP contribution in [0.25, 0.3) is 0 Å². The number of hydrogen-bond donors (Lipinski definition) is 1. The minimum absolute atomic E-state index is 0.184. The summed E-state index contributed by atoms with van der Waals surface area (Å²) < 4.78 is 39.8. The molecule has 88 valence electrons. The maximum absolute atomic E-state index is 12.0. The van der Waals surface area contributed by atoms with E-state index in [1.807, 2.05) is 0 Å². The van der Waals surface area contributed by atoms with E-state index in [0.717, 1.165) is 12.8 Å². The number of ether oxygens (including phenoxy) is 1. The minimum Gasteiger partial charge on any atom is -0.406 e. The van der Waals surface area contributed by atoms with E-state index in [2.05, 4.69) is 4.74 Å². The highest BCUT2D eigenvalue weighted by atomic mass is 19.4. The quantitative estimate of drug-likeness (QED) is 0.867. The molecule has 0 unspecified atom stereocenters. The maximum atomic E-state index is 12.0. The van der Waals surface area contributed by atoms with Gasteiger partial charge in [0.05, 0.1) is 0 Å². The van der Waals surface area contributed by atoms with Crippen LogP contribution in [0.5, 0.6) is 5.75 Å². The van der Waals surface area contributed by atoms with Gasteiger partial charge in [-0.05, 0) is 36.5 Å². The number of hydrogen-bond acceptors (Lipinski definition) is 2. The lowest BCUT2D eigenvalue weighted by Crippen LogP contribution is -2.18. The summed E-state index contributed by atoms with van der Waals surface area (Å²) in [5.74, 6) is 0.197. The summed E-state index contributed by atoms with van der Waals surface area (Å²) in [4.78, 5) is 0. The third-order valence-corrected chi connectivity index (χ3v) is 2.61. The smallest absolute Gasteiger partial charge is 0.406 e. The molecular formula is C11H12F3NO. The molecule has 0 amide bonds. The molecule has 16 heavy (non-hydrogen) atoms. The van der Waals surface area contributed by atoms with Crippen LogP contribution in [0.15, 0.2) is 24.3 Å². The van der Waals surface area contributed by atoms with Crippen molar-refractivity contribution in [1.29, 1.82) is 0 Å². The molecule has 0 aliphatic heterocycles.